The van der Waals surface area contributed by atoms with Crippen molar-refractivity contribution < 1.29 is 29.0 Å². The number of nitrogens with zero attached hydrogens (tertiary/aromatic N) is 1. The number of carbonyl (C=O) groups excluding carboxylic acids is 3. The quantitative estimate of drug-likeness (QED) is 0.484. The first kappa shape index (κ1) is 24.5. The highest BCUT2D eigenvalue weighted by molar-refractivity contribution is 5.92. The number of alkyl carbamates (subject to hydrolysis) is 1. The molecule has 1 aliphatic heterocycles. The van der Waals surface area contributed by atoms with Crippen molar-refractivity contribution in [1.29, 1.82) is 0 Å². The van der Waals surface area contributed by atoms with Gasteiger partial charge in [-0.1, -0.05) is 78.9 Å². The van der Waals surface area contributed by atoms with Crippen LogP contribution in [0.3, 0.4) is 0 Å². The molecule has 1 saturated heterocycles. The number of amides is 2. The summed E-state index contributed by atoms with van der Waals surface area (Å²) in [5.41, 5.74) is 5.20. The normalized spacial score (nSPS) is 19.2. The number of hydrogen-bond donors (Lipinski definition) is 2. The molecular formula is C29H28N2O6. The predicted molar refractivity (Wildman–Crippen MR) is 136 cm³/mol. The molecule has 2 N–H and O–H groups in total. The molecule has 37 heavy (non-hydrogen) atoms. The molecule has 5 rings (SSSR count). The summed E-state index contributed by atoms with van der Waals surface area (Å²) in [7, 11) is 1.25. The minimum atomic E-state index is -1.22. The predicted octanol–water partition coefficient (Wildman–Crippen LogP) is 2.88. The topological polar surface area (TPSA) is 105 Å². The van der Waals surface area contributed by atoms with Crippen LogP contribution < -0.4 is 5.32 Å². The SMILES string of the molecule is COC(=O)C(Cc1ccccc1)N1CC(O)C(NC(=O)OCC2c3ccccc3-c3ccccc32)C1=O. The van der Waals surface area contributed by atoms with E-state index in [1.807, 2.05) is 78.9 Å². The van der Waals surface area contributed by atoms with Gasteiger partial charge in [0.15, 0.2) is 0 Å². The fourth-order valence-electron chi connectivity index (χ4n) is 5.24. The standard InChI is InChI=1S/C29H28N2O6/c1-36-28(34)24(15-18-9-3-2-4-10-18)31-16-25(32)26(27(31)33)30-29(35)37-17-23-21-13-7-5-11-19(21)20-12-6-8-14-22(20)23/h2-14,23-26,32H,15-17H2,1H3,(H,30,35). The Morgan fingerprint density at radius 1 is 0.973 bits per heavy atom. The van der Waals surface area contributed by atoms with Crippen LogP contribution in [-0.4, -0.2) is 66.4 Å². The lowest BCUT2D eigenvalue weighted by atomic mass is 9.98. The van der Waals surface area contributed by atoms with Crippen LogP contribution in [0.4, 0.5) is 4.79 Å². The van der Waals surface area contributed by atoms with Crippen molar-refractivity contribution in [2.24, 2.45) is 0 Å². The van der Waals surface area contributed by atoms with E-state index in [0.29, 0.717) is 0 Å². The van der Waals surface area contributed by atoms with E-state index in [1.165, 1.54) is 12.0 Å². The molecule has 2 amide bonds. The van der Waals surface area contributed by atoms with Crippen molar-refractivity contribution in [1.82, 2.24) is 10.2 Å². The zero-order valence-electron chi connectivity index (χ0n) is 20.4. The summed E-state index contributed by atoms with van der Waals surface area (Å²) in [5.74, 6) is -1.29. The van der Waals surface area contributed by atoms with E-state index in [0.717, 1.165) is 27.8 Å². The Kier molecular flexibility index (Phi) is 6.92. The molecule has 0 bridgehead atoms. The van der Waals surface area contributed by atoms with Crippen LogP contribution in [0, 0.1) is 0 Å². The highest BCUT2D eigenvalue weighted by Gasteiger charge is 2.46. The number of ether oxygens (including phenoxy) is 2. The van der Waals surface area contributed by atoms with Crippen molar-refractivity contribution in [3.8, 4) is 11.1 Å². The van der Waals surface area contributed by atoms with Gasteiger partial charge in [-0.3, -0.25) is 4.79 Å². The van der Waals surface area contributed by atoms with E-state index in [4.69, 9.17) is 9.47 Å². The molecule has 3 atom stereocenters. The number of likely N-dealkylation sites (tertiary alicyclic amines) is 1. The maximum atomic E-state index is 13.2. The summed E-state index contributed by atoms with van der Waals surface area (Å²) >= 11 is 0. The Morgan fingerprint density at radius 3 is 2.19 bits per heavy atom. The first-order valence-corrected chi connectivity index (χ1v) is 12.2. The summed E-state index contributed by atoms with van der Waals surface area (Å²) in [6.07, 6.45) is -1.78. The number of methoxy groups -OCH3 is 1. The van der Waals surface area contributed by atoms with Crippen molar-refractivity contribution in [3.05, 3.63) is 95.6 Å². The first-order chi connectivity index (χ1) is 18.0. The molecule has 0 aromatic heterocycles. The van der Waals surface area contributed by atoms with E-state index in [9.17, 15) is 19.5 Å². The van der Waals surface area contributed by atoms with E-state index in [-0.39, 0.29) is 25.5 Å². The second kappa shape index (κ2) is 10.4. The van der Waals surface area contributed by atoms with Gasteiger partial charge in [0.1, 0.15) is 24.8 Å². The van der Waals surface area contributed by atoms with Gasteiger partial charge in [0.2, 0.25) is 5.91 Å². The lowest BCUT2D eigenvalue weighted by Crippen LogP contribution is -2.49. The minimum absolute atomic E-state index is 0.0827. The summed E-state index contributed by atoms with van der Waals surface area (Å²) in [6.45, 7) is -0.0286. The van der Waals surface area contributed by atoms with Crippen LogP contribution >= 0.6 is 0 Å². The largest absolute Gasteiger partial charge is 0.467 e. The Hall–Kier alpha value is -4.17. The second-order valence-corrected chi connectivity index (χ2v) is 9.23. The Morgan fingerprint density at radius 2 is 1.57 bits per heavy atom. The van der Waals surface area contributed by atoms with Gasteiger partial charge in [-0.2, -0.15) is 0 Å². The lowest BCUT2D eigenvalue weighted by Gasteiger charge is -2.26. The third kappa shape index (κ3) is 4.80. The monoisotopic (exact) mass is 500 g/mol. The number of esters is 1. The fraction of sp³-hybridized carbons (Fsp3) is 0.276. The molecule has 8 heteroatoms. The molecule has 1 aliphatic carbocycles. The van der Waals surface area contributed by atoms with Crippen molar-refractivity contribution in [3.63, 3.8) is 0 Å². The van der Waals surface area contributed by atoms with Crippen LogP contribution in [0.1, 0.15) is 22.6 Å². The van der Waals surface area contributed by atoms with Gasteiger partial charge in [-0.25, -0.2) is 9.59 Å². The number of nitrogens with one attached hydrogen (secondary N) is 1. The number of rotatable bonds is 7. The maximum absolute atomic E-state index is 13.2. The molecule has 0 saturated carbocycles. The Bertz CT molecular complexity index is 1270. The minimum Gasteiger partial charge on any atom is -0.467 e. The number of aliphatic hydroxyl groups excluding tert-OH is 1. The zero-order chi connectivity index (χ0) is 25.9. The van der Waals surface area contributed by atoms with Crippen LogP contribution in [-0.2, 0) is 25.5 Å². The van der Waals surface area contributed by atoms with E-state index < -0.39 is 36.2 Å². The summed E-state index contributed by atoms with van der Waals surface area (Å²) < 4.78 is 10.5. The highest BCUT2D eigenvalue weighted by Crippen LogP contribution is 2.44. The maximum Gasteiger partial charge on any atom is 0.407 e. The molecule has 8 nitrogen and oxygen atoms in total. The number of benzene rings is 3. The number of β-amino-alcohol motifs (C(OH)–C–C–N with tert-alkyl or cyclic N) is 1. The van der Waals surface area contributed by atoms with Gasteiger partial charge >= 0.3 is 12.1 Å². The van der Waals surface area contributed by atoms with E-state index >= 15 is 0 Å². The van der Waals surface area contributed by atoms with Crippen molar-refractivity contribution >= 4 is 18.0 Å². The Labute approximate surface area is 214 Å². The molecule has 3 aromatic rings. The van der Waals surface area contributed by atoms with E-state index in [2.05, 4.69) is 5.32 Å². The number of carbonyl (C=O) groups is 3. The number of hydrogen-bond acceptors (Lipinski definition) is 6. The average Bonchev–Trinajstić information content (AvgIpc) is 3.39. The lowest BCUT2D eigenvalue weighted by molar-refractivity contribution is -0.151. The molecule has 190 valence electrons. The van der Waals surface area contributed by atoms with Gasteiger partial charge in [0.05, 0.1) is 13.7 Å². The molecule has 2 aliphatic rings. The molecule has 0 radical (unpaired) electrons. The molecule has 3 aromatic carbocycles. The highest BCUT2D eigenvalue weighted by atomic mass is 16.5. The van der Waals surface area contributed by atoms with Crippen LogP contribution in [0.5, 0.6) is 0 Å². The van der Waals surface area contributed by atoms with E-state index in [1.54, 1.807) is 0 Å². The summed E-state index contributed by atoms with van der Waals surface area (Å²) in [5, 5.41) is 13.1. The second-order valence-electron chi connectivity index (χ2n) is 9.23. The van der Waals surface area contributed by atoms with Crippen molar-refractivity contribution in [2.45, 2.75) is 30.5 Å². The van der Waals surface area contributed by atoms with Gasteiger partial charge in [-0.05, 0) is 27.8 Å². The van der Waals surface area contributed by atoms with Gasteiger partial charge in [0.25, 0.3) is 0 Å². The third-order valence-corrected chi connectivity index (χ3v) is 7.06. The van der Waals surface area contributed by atoms with Crippen molar-refractivity contribution in [2.75, 3.05) is 20.3 Å². The Balaban J connectivity index is 1.25. The van der Waals surface area contributed by atoms with Crippen LogP contribution in [0.25, 0.3) is 11.1 Å². The molecule has 1 fully saturated rings. The van der Waals surface area contributed by atoms with Crippen LogP contribution in [0.2, 0.25) is 0 Å². The van der Waals surface area contributed by atoms with Gasteiger partial charge in [-0.15, -0.1) is 0 Å². The number of aliphatic hydroxyl groups is 1. The van der Waals surface area contributed by atoms with Gasteiger partial charge in [0, 0.05) is 12.3 Å². The molecular weight excluding hydrogens is 472 g/mol. The molecule has 0 spiro atoms. The molecule has 1 heterocycles. The van der Waals surface area contributed by atoms with Crippen LogP contribution in [0.15, 0.2) is 78.9 Å². The first-order valence-electron chi connectivity index (χ1n) is 12.2. The fourth-order valence-corrected chi connectivity index (χ4v) is 5.24. The smallest absolute Gasteiger partial charge is 0.407 e. The van der Waals surface area contributed by atoms with Gasteiger partial charge < -0.3 is 24.8 Å². The third-order valence-electron chi connectivity index (χ3n) is 7.06. The summed E-state index contributed by atoms with van der Waals surface area (Å²) in [6, 6.07) is 23.1. The summed E-state index contributed by atoms with van der Waals surface area (Å²) in [4.78, 5) is 39.7. The average molecular weight is 501 g/mol. The number of fused-ring (bicyclic) bond motifs is 3. The molecule has 3 unspecified atom stereocenters. The zero-order valence-corrected chi connectivity index (χ0v) is 20.4.